The monoisotopic (exact) mass is 196 g/mol. The minimum Gasteiger partial charge on any atom is -0.339 e. The number of likely N-dealkylation sites (N-methyl/N-ethyl adjacent to an activating group) is 1. The van der Waals surface area contributed by atoms with Crippen LogP contribution in [0.2, 0.25) is 0 Å². The lowest BCUT2D eigenvalue weighted by atomic mass is 10.2. The van der Waals surface area contributed by atoms with Gasteiger partial charge in [0.1, 0.15) is 0 Å². The highest BCUT2D eigenvalue weighted by atomic mass is 16.5. The normalized spacial score (nSPS) is 24.0. The molecular weight excluding hydrogens is 180 g/mol. The number of rotatable bonds is 2. The van der Waals surface area contributed by atoms with Crippen LogP contribution in [0.4, 0.5) is 0 Å². The van der Waals surface area contributed by atoms with E-state index in [0.717, 1.165) is 37.8 Å². The van der Waals surface area contributed by atoms with Gasteiger partial charge in [-0.2, -0.15) is 4.98 Å². The van der Waals surface area contributed by atoms with E-state index < -0.39 is 0 Å². The van der Waals surface area contributed by atoms with E-state index in [1.165, 1.54) is 0 Å². The Morgan fingerprint density at radius 2 is 2.50 bits per heavy atom. The molecule has 5 nitrogen and oxygen atoms in total. The van der Waals surface area contributed by atoms with Gasteiger partial charge in [0.2, 0.25) is 5.89 Å². The summed E-state index contributed by atoms with van der Waals surface area (Å²) in [6, 6.07) is 0.257. The van der Waals surface area contributed by atoms with Crippen LogP contribution in [0.1, 0.15) is 24.7 Å². The first kappa shape index (κ1) is 9.61. The van der Waals surface area contributed by atoms with Crippen LogP contribution in [-0.2, 0) is 6.42 Å². The van der Waals surface area contributed by atoms with Crippen LogP contribution in [0.5, 0.6) is 0 Å². The zero-order valence-corrected chi connectivity index (χ0v) is 8.66. The maximum atomic E-state index is 5.10. The highest BCUT2D eigenvalue weighted by Gasteiger charge is 2.24. The topological polar surface area (TPSA) is 54.2 Å². The average molecular weight is 196 g/mol. The summed E-state index contributed by atoms with van der Waals surface area (Å²) in [4.78, 5) is 6.59. The molecule has 1 atom stereocenters. The molecule has 0 radical (unpaired) electrons. The Bertz CT molecular complexity index is 299. The quantitative estimate of drug-likeness (QED) is 0.732. The Kier molecular flexibility index (Phi) is 2.79. The fourth-order valence-corrected chi connectivity index (χ4v) is 1.64. The summed E-state index contributed by atoms with van der Waals surface area (Å²) in [7, 11) is 2.09. The molecule has 1 saturated heterocycles. The maximum absolute atomic E-state index is 5.10. The van der Waals surface area contributed by atoms with E-state index in [9.17, 15) is 0 Å². The van der Waals surface area contributed by atoms with Crippen molar-refractivity contribution in [2.45, 2.75) is 19.4 Å². The van der Waals surface area contributed by atoms with Crippen LogP contribution >= 0.6 is 0 Å². The van der Waals surface area contributed by atoms with Crippen molar-refractivity contribution in [1.82, 2.24) is 20.4 Å². The summed E-state index contributed by atoms with van der Waals surface area (Å²) >= 11 is 0. The Balaban J connectivity index is 2.12. The minimum absolute atomic E-state index is 0.257. The predicted octanol–water partition coefficient (Wildman–Crippen LogP) is 0.208. The number of piperazine rings is 1. The summed E-state index contributed by atoms with van der Waals surface area (Å²) in [5, 5.41) is 7.32. The van der Waals surface area contributed by atoms with E-state index in [-0.39, 0.29) is 6.04 Å². The van der Waals surface area contributed by atoms with Gasteiger partial charge < -0.3 is 9.84 Å². The second-order valence-corrected chi connectivity index (χ2v) is 3.60. The van der Waals surface area contributed by atoms with Gasteiger partial charge in [-0.25, -0.2) is 0 Å². The van der Waals surface area contributed by atoms with Gasteiger partial charge in [0.15, 0.2) is 5.82 Å². The molecule has 2 rings (SSSR count). The molecule has 0 bridgehead atoms. The van der Waals surface area contributed by atoms with Crippen molar-refractivity contribution in [2.24, 2.45) is 0 Å². The van der Waals surface area contributed by atoms with Crippen LogP contribution in [0.3, 0.4) is 0 Å². The van der Waals surface area contributed by atoms with Gasteiger partial charge in [-0.05, 0) is 7.05 Å². The van der Waals surface area contributed by atoms with Gasteiger partial charge in [0.05, 0.1) is 6.04 Å². The summed E-state index contributed by atoms with van der Waals surface area (Å²) in [5.41, 5.74) is 0. The van der Waals surface area contributed by atoms with Crippen molar-refractivity contribution < 1.29 is 4.52 Å². The second-order valence-electron chi connectivity index (χ2n) is 3.60. The average Bonchev–Trinajstić information content (AvgIpc) is 2.67. The maximum Gasteiger partial charge on any atom is 0.226 e. The van der Waals surface area contributed by atoms with Gasteiger partial charge in [0, 0.05) is 26.1 Å². The van der Waals surface area contributed by atoms with Crippen LogP contribution in [0.15, 0.2) is 4.52 Å². The smallest absolute Gasteiger partial charge is 0.226 e. The molecule has 0 amide bonds. The van der Waals surface area contributed by atoms with Crippen molar-refractivity contribution in [1.29, 1.82) is 0 Å². The first-order valence-electron chi connectivity index (χ1n) is 5.04. The molecule has 5 heteroatoms. The molecule has 1 aromatic heterocycles. The molecule has 78 valence electrons. The fraction of sp³-hybridized carbons (Fsp3) is 0.778. The third kappa shape index (κ3) is 1.78. The molecule has 2 heterocycles. The van der Waals surface area contributed by atoms with Gasteiger partial charge in [-0.1, -0.05) is 12.1 Å². The number of nitrogens with zero attached hydrogens (tertiary/aromatic N) is 3. The second kappa shape index (κ2) is 4.06. The first-order valence-corrected chi connectivity index (χ1v) is 5.04. The highest BCUT2D eigenvalue weighted by molar-refractivity contribution is 4.97. The van der Waals surface area contributed by atoms with E-state index in [2.05, 4.69) is 27.4 Å². The van der Waals surface area contributed by atoms with Crippen LogP contribution < -0.4 is 5.32 Å². The first-order chi connectivity index (χ1) is 6.81. The van der Waals surface area contributed by atoms with Crippen molar-refractivity contribution in [3.63, 3.8) is 0 Å². The molecule has 0 aromatic carbocycles. The molecule has 0 aliphatic carbocycles. The Morgan fingerprint density at radius 1 is 1.64 bits per heavy atom. The van der Waals surface area contributed by atoms with E-state index in [4.69, 9.17) is 4.52 Å². The number of aryl methyl sites for hydroxylation is 1. The lowest BCUT2D eigenvalue weighted by Crippen LogP contribution is -2.44. The fourth-order valence-electron chi connectivity index (χ4n) is 1.64. The summed E-state index contributed by atoms with van der Waals surface area (Å²) in [5.74, 6) is 1.52. The summed E-state index contributed by atoms with van der Waals surface area (Å²) < 4.78 is 5.10. The SMILES string of the molecule is CCc1nc(C2CNCCN2C)no1. The van der Waals surface area contributed by atoms with Crippen LogP contribution in [-0.4, -0.2) is 41.7 Å². The standard InChI is InChI=1S/C9H16N4O/c1-3-8-11-9(12-14-8)7-6-10-4-5-13(7)2/h7,10H,3-6H2,1-2H3. The number of aromatic nitrogens is 2. The lowest BCUT2D eigenvalue weighted by molar-refractivity contribution is 0.190. The molecule has 1 fully saturated rings. The molecular formula is C9H16N4O. The van der Waals surface area contributed by atoms with Gasteiger partial charge in [-0.15, -0.1) is 0 Å². The summed E-state index contributed by atoms with van der Waals surface area (Å²) in [6.07, 6.45) is 0.802. The van der Waals surface area contributed by atoms with E-state index in [0.29, 0.717) is 0 Å². The molecule has 14 heavy (non-hydrogen) atoms. The zero-order chi connectivity index (χ0) is 9.97. The predicted molar refractivity (Wildman–Crippen MR) is 51.9 cm³/mol. The Labute approximate surface area is 83.5 Å². The number of nitrogens with one attached hydrogen (secondary N) is 1. The van der Waals surface area contributed by atoms with Gasteiger partial charge in [-0.3, -0.25) is 4.90 Å². The number of hydrogen-bond acceptors (Lipinski definition) is 5. The molecule has 1 aliphatic heterocycles. The van der Waals surface area contributed by atoms with Crippen molar-refractivity contribution in [2.75, 3.05) is 26.7 Å². The Morgan fingerprint density at radius 3 is 3.14 bits per heavy atom. The number of hydrogen-bond donors (Lipinski definition) is 1. The molecule has 0 saturated carbocycles. The molecule has 1 aromatic rings. The lowest BCUT2D eigenvalue weighted by Gasteiger charge is -2.30. The third-order valence-electron chi connectivity index (χ3n) is 2.60. The summed E-state index contributed by atoms with van der Waals surface area (Å²) in [6.45, 7) is 4.98. The molecule has 1 aliphatic rings. The van der Waals surface area contributed by atoms with Gasteiger partial charge >= 0.3 is 0 Å². The third-order valence-corrected chi connectivity index (χ3v) is 2.60. The molecule has 1 N–H and O–H groups in total. The highest BCUT2D eigenvalue weighted by Crippen LogP contribution is 2.17. The van der Waals surface area contributed by atoms with Crippen molar-refractivity contribution >= 4 is 0 Å². The largest absolute Gasteiger partial charge is 0.339 e. The molecule has 0 spiro atoms. The van der Waals surface area contributed by atoms with Crippen LogP contribution in [0.25, 0.3) is 0 Å². The van der Waals surface area contributed by atoms with E-state index in [1.54, 1.807) is 0 Å². The Hall–Kier alpha value is -0.940. The molecule has 1 unspecified atom stereocenters. The van der Waals surface area contributed by atoms with E-state index in [1.807, 2.05) is 6.92 Å². The van der Waals surface area contributed by atoms with Gasteiger partial charge in [0.25, 0.3) is 0 Å². The zero-order valence-electron chi connectivity index (χ0n) is 8.66. The van der Waals surface area contributed by atoms with Crippen molar-refractivity contribution in [3.8, 4) is 0 Å². The van der Waals surface area contributed by atoms with Crippen LogP contribution in [0, 0.1) is 0 Å². The van der Waals surface area contributed by atoms with E-state index >= 15 is 0 Å². The van der Waals surface area contributed by atoms with Crippen molar-refractivity contribution in [3.05, 3.63) is 11.7 Å². The minimum atomic E-state index is 0.257.